The molecule has 112 valence electrons. The number of carboxylic acid groups (broad SMARTS) is 1. The monoisotopic (exact) mass is 280 g/mol. The van der Waals surface area contributed by atoms with Gasteiger partial charge in [0.1, 0.15) is 6.04 Å². The van der Waals surface area contributed by atoms with Crippen LogP contribution in [0, 0.1) is 0 Å². The fourth-order valence-electron chi connectivity index (χ4n) is 3.16. The van der Waals surface area contributed by atoms with Gasteiger partial charge in [-0.25, -0.2) is 0 Å². The van der Waals surface area contributed by atoms with E-state index in [1.807, 2.05) is 16.7 Å². The number of carbonyl (C=O) groups excluding carboxylic acids is 1. The lowest BCUT2D eigenvalue weighted by molar-refractivity contribution is -0.146. The van der Waals surface area contributed by atoms with Crippen molar-refractivity contribution in [3.8, 4) is 0 Å². The van der Waals surface area contributed by atoms with Crippen molar-refractivity contribution in [3.05, 3.63) is 11.8 Å². The molecule has 1 aliphatic carbocycles. The topological polar surface area (TPSA) is 60.9 Å². The van der Waals surface area contributed by atoms with Gasteiger partial charge in [0.25, 0.3) is 0 Å². The second-order valence-electron chi connectivity index (χ2n) is 5.55. The Morgan fingerprint density at radius 3 is 2.80 bits per heavy atom. The first-order valence-electron chi connectivity index (χ1n) is 7.59. The lowest BCUT2D eigenvalue weighted by Crippen LogP contribution is -2.49. The second kappa shape index (κ2) is 6.88. The van der Waals surface area contributed by atoms with Crippen LogP contribution in [-0.4, -0.2) is 52.5 Å². The number of carbonyl (C=O) groups is 2. The molecule has 0 aromatic rings. The lowest BCUT2D eigenvalue weighted by atomic mass is 10.0. The quantitative estimate of drug-likeness (QED) is 0.835. The first kappa shape index (κ1) is 15.0. The number of likely N-dealkylation sites (N-methyl/N-ethyl adjacent to an activating group) is 1. The van der Waals surface area contributed by atoms with Gasteiger partial charge in [-0.05, 0) is 45.6 Å². The van der Waals surface area contributed by atoms with E-state index in [9.17, 15) is 14.7 Å². The van der Waals surface area contributed by atoms with Crippen LogP contribution in [0.25, 0.3) is 0 Å². The Morgan fingerprint density at radius 1 is 1.40 bits per heavy atom. The molecule has 1 amide bonds. The van der Waals surface area contributed by atoms with Crippen LogP contribution in [0.15, 0.2) is 11.8 Å². The third kappa shape index (κ3) is 3.39. The molecule has 0 saturated carbocycles. The maximum absolute atomic E-state index is 12.4. The molecule has 5 nitrogen and oxygen atoms in total. The van der Waals surface area contributed by atoms with Gasteiger partial charge in [-0.3, -0.25) is 14.5 Å². The van der Waals surface area contributed by atoms with Crippen LogP contribution in [0.4, 0.5) is 0 Å². The molecule has 1 atom stereocenters. The zero-order chi connectivity index (χ0) is 14.5. The van der Waals surface area contributed by atoms with E-state index in [0.717, 1.165) is 37.8 Å². The predicted octanol–water partition coefficient (Wildman–Crippen LogP) is 1.84. The molecule has 20 heavy (non-hydrogen) atoms. The second-order valence-corrected chi connectivity index (χ2v) is 5.55. The number of hydrogen-bond acceptors (Lipinski definition) is 3. The highest BCUT2D eigenvalue weighted by Crippen LogP contribution is 2.23. The van der Waals surface area contributed by atoms with E-state index in [2.05, 4.69) is 6.08 Å². The summed E-state index contributed by atoms with van der Waals surface area (Å²) in [4.78, 5) is 27.4. The molecular weight excluding hydrogens is 256 g/mol. The van der Waals surface area contributed by atoms with Crippen LogP contribution in [0.3, 0.4) is 0 Å². The summed E-state index contributed by atoms with van der Waals surface area (Å²) >= 11 is 0. The Morgan fingerprint density at radius 2 is 2.20 bits per heavy atom. The van der Waals surface area contributed by atoms with Crippen LogP contribution in [-0.2, 0) is 9.59 Å². The largest absolute Gasteiger partial charge is 0.480 e. The molecule has 1 N–H and O–H groups in total. The highest BCUT2D eigenvalue weighted by Gasteiger charge is 2.31. The minimum Gasteiger partial charge on any atom is -0.480 e. The highest BCUT2D eigenvalue weighted by molar-refractivity contribution is 5.81. The number of likely N-dealkylation sites (tertiary alicyclic amines) is 1. The van der Waals surface area contributed by atoms with E-state index < -0.39 is 12.0 Å². The molecule has 0 aromatic carbocycles. The van der Waals surface area contributed by atoms with Crippen LogP contribution in [0.2, 0.25) is 0 Å². The fourth-order valence-corrected chi connectivity index (χ4v) is 3.16. The molecule has 0 aromatic heterocycles. The van der Waals surface area contributed by atoms with Gasteiger partial charge in [0.2, 0.25) is 5.91 Å². The molecular formula is C15H24N2O3. The Kier molecular flexibility index (Phi) is 5.17. The van der Waals surface area contributed by atoms with Crippen molar-refractivity contribution in [2.24, 2.45) is 0 Å². The van der Waals surface area contributed by atoms with Gasteiger partial charge in [-0.1, -0.05) is 12.5 Å². The summed E-state index contributed by atoms with van der Waals surface area (Å²) in [5.74, 6) is -0.769. The summed E-state index contributed by atoms with van der Waals surface area (Å²) in [7, 11) is 0. The molecule has 1 aliphatic heterocycles. The maximum atomic E-state index is 12.4. The van der Waals surface area contributed by atoms with Crippen molar-refractivity contribution >= 4 is 11.9 Å². The maximum Gasteiger partial charge on any atom is 0.320 e. The third-order valence-corrected chi connectivity index (χ3v) is 4.22. The molecule has 1 saturated heterocycles. The normalized spacial score (nSPS) is 23.4. The molecule has 0 bridgehead atoms. The minimum absolute atomic E-state index is 0.0359. The van der Waals surface area contributed by atoms with E-state index in [1.54, 1.807) is 0 Å². The summed E-state index contributed by atoms with van der Waals surface area (Å²) in [5, 5.41) is 9.25. The molecule has 2 rings (SSSR count). The van der Waals surface area contributed by atoms with Crippen molar-refractivity contribution in [1.82, 2.24) is 9.80 Å². The number of piperidine rings is 1. The van der Waals surface area contributed by atoms with E-state index in [0.29, 0.717) is 19.5 Å². The van der Waals surface area contributed by atoms with Crippen molar-refractivity contribution in [1.29, 1.82) is 0 Å². The average molecular weight is 280 g/mol. The van der Waals surface area contributed by atoms with E-state index in [-0.39, 0.29) is 12.5 Å². The molecule has 1 heterocycles. The van der Waals surface area contributed by atoms with Crippen LogP contribution in [0.1, 0.15) is 45.4 Å². The molecule has 2 aliphatic rings. The summed E-state index contributed by atoms with van der Waals surface area (Å²) in [6.45, 7) is 3.57. The van der Waals surface area contributed by atoms with Gasteiger partial charge in [0.15, 0.2) is 0 Å². The molecule has 0 radical (unpaired) electrons. The number of rotatable bonds is 5. The Labute approximate surface area is 120 Å². The van der Waals surface area contributed by atoms with Gasteiger partial charge in [-0.2, -0.15) is 0 Å². The molecule has 5 heteroatoms. The Balaban J connectivity index is 1.99. The van der Waals surface area contributed by atoms with Crippen LogP contribution >= 0.6 is 0 Å². The Hall–Kier alpha value is -1.36. The zero-order valence-corrected chi connectivity index (χ0v) is 12.2. The number of nitrogens with zero attached hydrogens (tertiary/aromatic N) is 2. The minimum atomic E-state index is -0.805. The smallest absolute Gasteiger partial charge is 0.320 e. The van der Waals surface area contributed by atoms with Gasteiger partial charge < -0.3 is 10.0 Å². The number of hydrogen-bond donors (Lipinski definition) is 1. The molecule has 1 fully saturated rings. The van der Waals surface area contributed by atoms with Crippen LogP contribution in [0.5, 0.6) is 0 Å². The predicted molar refractivity (Wildman–Crippen MR) is 76.2 cm³/mol. The molecule has 1 unspecified atom stereocenters. The average Bonchev–Trinajstić information content (AvgIpc) is 2.94. The van der Waals surface area contributed by atoms with E-state index in [4.69, 9.17) is 0 Å². The summed E-state index contributed by atoms with van der Waals surface area (Å²) in [5.41, 5.74) is 1.11. The highest BCUT2D eigenvalue weighted by atomic mass is 16.4. The zero-order valence-electron chi connectivity index (χ0n) is 12.2. The summed E-state index contributed by atoms with van der Waals surface area (Å²) in [6, 6.07) is -0.496. The van der Waals surface area contributed by atoms with Crippen molar-refractivity contribution in [2.45, 2.75) is 51.5 Å². The van der Waals surface area contributed by atoms with Crippen molar-refractivity contribution in [2.75, 3.05) is 19.6 Å². The van der Waals surface area contributed by atoms with Crippen molar-refractivity contribution in [3.63, 3.8) is 0 Å². The fraction of sp³-hybridized carbons (Fsp3) is 0.733. The number of amides is 1. The number of allylic oxidation sites excluding steroid dienone is 2. The summed E-state index contributed by atoms with van der Waals surface area (Å²) in [6.07, 6.45) is 7.81. The molecule has 0 spiro atoms. The van der Waals surface area contributed by atoms with Crippen LogP contribution < -0.4 is 0 Å². The summed E-state index contributed by atoms with van der Waals surface area (Å²) < 4.78 is 0. The van der Waals surface area contributed by atoms with E-state index in [1.165, 1.54) is 0 Å². The van der Waals surface area contributed by atoms with E-state index >= 15 is 0 Å². The number of carboxylic acids is 1. The standard InChI is InChI=1S/C15H24N2O3/c1-2-17(12-7-3-4-8-12)14(18)11-16-10-6-5-9-13(16)15(19)20/h7,13H,2-6,8-11H2,1H3,(H,19,20). The van der Waals surface area contributed by atoms with Gasteiger partial charge in [0, 0.05) is 12.2 Å². The SMILES string of the molecule is CCN(C(=O)CN1CCCCC1C(=O)O)C1=CCCC1. The lowest BCUT2D eigenvalue weighted by Gasteiger charge is -2.34. The Bertz CT molecular complexity index is 406. The first-order chi connectivity index (χ1) is 9.63. The number of aliphatic carboxylic acids is 1. The van der Waals surface area contributed by atoms with Gasteiger partial charge >= 0.3 is 5.97 Å². The van der Waals surface area contributed by atoms with Gasteiger partial charge in [0.05, 0.1) is 6.54 Å². The first-order valence-corrected chi connectivity index (χ1v) is 7.59. The van der Waals surface area contributed by atoms with Gasteiger partial charge in [-0.15, -0.1) is 0 Å². The van der Waals surface area contributed by atoms with Crippen molar-refractivity contribution < 1.29 is 14.7 Å². The third-order valence-electron chi connectivity index (χ3n) is 4.22.